The van der Waals surface area contributed by atoms with Gasteiger partial charge in [-0.2, -0.15) is 0 Å². The molecule has 6 nitrogen and oxygen atoms in total. The molecule has 0 radical (unpaired) electrons. The lowest BCUT2D eigenvalue weighted by molar-refractivity contribution is -0.172. The van der Waals surface area contributed by atoms with Gasteiger partial charge in [0.1, 0.15) is 6.10 Å². The van der Waals surface area contributed by atoms with Gasteiger partial charge in [0.05, 0.1) is 12.0 Å². The van der Waals surface area contributed by atoms with Gasteiger partial charge in [0, 0.05) is 12.5 Å². The number of ether oxygens (including phenoxy) is 3. The molecule has 2 atom stereocenters. The summed E-state index contributed by atoms with van der Waals surface area (Å²) in [5.74, 6) is -0.870. The van der Waals surface area contributed by atoms with Gasteiger partial charge in [-0.15, -0.1) is 0 Å². The van der Waals surface area contributed by atoms with Gasteiger partial charge >= 0.3 is 17.9 Å². The van der Waals surface area contributed by atoms with E-state index in [-0.39, 0.29) is 12.1 Å². The van der Waals surface area contributed by atoms with E-state index >= 15 is 0 Å². The van der Waals surface area contributed by atoms with Gasteiger partial charge in [-0.1, -0.05) is 57.0 Å². The number of rotatable bonds is 13. The molecular formula is C26H40O6. The maximum atomic E-state index is 12.8. The molecule has 1 aromatic rings. The Morgan fingerprint density at radius 3 is 2.09 bits per heavy atom. The van der Waals surface area contributed by atoms with Crippen LogP contribution in [-0.4, -0.2) is 30.6 Å². The van der Waals surface area contributed by atoms with Crippen molar-refractivity contribution in [2.24, 2.45) is 11.3 Å². The third-order valence-corrected chi connectivity index (χ3v) is 4.88. The molecule has 0 aromatic heterocycles. The molecular weight excluding hydrogens is 408 g/mol. The van der Waals surface area contributed by atoms with Gasteiger partial charge in [-0.05, 0) is 52.4 Å². The molecule has 0 fully saturated rings. The molecule has 0 spiro atoms. The van der Waals surface area contributed by atoms with E-state index in [9.17, 15) is 14.4 Å². The first-order valence-corrected chi connectivity index (χ1v) is 11.6. The summed E-state index contributed by atoms with van der Waals surface area (Å²) < 4.78 is 16.3. The fourth-order valence-electron chi connectivity index (χ4n) is 3.23. The standard InChI is InChI=1S/C26H40O6/c1-19(2)18-22(16-12-7-8-13-17-30-25(29)26(4,5)6)32-24(28)23(31-20(3)27)21-14-10-9-11-15-21/h9-11,14-15,19,22-23H,7-8,12-13,16-18H2,1-6H3/t22-,23-/m0/s1. The van der Waals surface area contributed by atoms with Crippen molar-refractivity contribution in [1.82, 2.24) is 0 Å². The molecule has 0 heterocycles. The summed E-state index contributed by atoms with van der Waals surface area (Å²) >= 11 is 0. The number of hydrogen-bond donors (Lipinski definition) is 0. The molecule has 0 saturated heterocycles. The van der Waals surface area contributed by atoms with Crippen LogP contribution in [-0.2, 0) is 28.6 Å². The van der Waals surface area contributed by atoms with Crippen molar-refractivity contribution in [2.75, 3.05) is 6.61 Å². The van der Waals surface area contributed by atoms with Crippen LogP contribution in [0.5, 0.6) is 0 Å². The molecule has 0 bridgehead atoms. The molecule has 32 heavy (non-hydrogen) atoms. The second-order valence-electron chi connectivity index (χ2n) is 9.68. The maximum absolute atomic E-state index is 12.8. The van der Waals surface area contributed by atoms with Gasteiger partial charge in [0.15, 0.2) is 0 Å². The smallest absolute Gasteiger partial charge is 0.352 e. The average molecular weight is 449 g/mol. The minimum atomic E-state index is -1.05. The Labute approximate surface area is 193 Å². The lowest BCUT2D eigenvalue weighted by Gasteiger charge is -2.23. The molecule has 180 valence electrons. The summed E-state index contributed by atoms with van der Waals surface area (Å²) in [4.78, 5) is 36.1. The number of esters is 3. The van der Waals surface area contributed by atoms with E-state index in [2.05, 4.69) is 13.8 Å². The summed E-state index contributed by atoms with van der Waals surface area (Å²) in [7, 11) is 0. The number of carbonyl (C=O) groups is 3. The van der Waals surface area contributed by atoms with Crippen LogP contribution in [0.3, 0.4) is 0 Å². The predicted octanol–water partition coefficient (Wildman–Crippen LogP) is 5.79. The summed E-state index contributed by atoms with van der Waals surface area (Å²) in [5.41, 5.74) is 0.123. The lowest BCUT2D eigenvalue weighted by Crippen LogP contribution is -2.27. The number of carbonyl (C=O) groups excluding carboxylic acids is 3. The van der Waals surface area contributed by atoms with Crippen molar-refractivity contribution in [1.29, 1.82) is 0 Å². The highest BCUT2D eigenvalue weighted by atomic mass is 16.6. The lowest BCUT2D eigenvalue weighted by atomic mass is 9.97. The molecule has 0 amide bonds. The largest absolute Gasteiger partial charge is 0.465 e. The summed E-state index contributed by atoms with van der Waals surface area (Å²) in [6, 6.07) is 8.93. The zero-order valence-electron chi connectivity index (χ0n) is 20.5. The first-order valence-electron chi connectivity index (χ1n) is 11.6. The predicted molar refractivity (Wildman–Crippen MR) is 124 cm³/mol. The summed E-state index contributed by atoms with van der Waals surface area (Å²) in [5, 5.41) is 0. The van der Waals surface area contributed by atoms with Gasteiger partial charge in [0.25, 0.3) is 0 Å². The first-order chi connectivity index (χ1) is 15.0. The van der Waals surface area contributed by atoms with Crippen LogP contribution in [0.15, 0.2) is 30.3 Å². The molecule has 1 rings (SSSR count). The summed E-state index contributed by atoms with van der Waals surface area (Å²) in [6.07, 6.45) is 3.83. The third-order valence-electron chi connectivity index (χ3n) is 4.88. The second-order valence-corrected chi connectivity index (χ2v) is 9.68. The van der Waals surface area contributed by atoms with Crippen molar-refractivity contribution in [3.8, 4) is 0 Å². The normalized spacial score (nSPS) is 13.3. The van der Waals surface area contributed by atoms with E-state index in [0.29, 0.717) is 18.1 Å². The highest BCUT2D eigenvalue weighted by Crippen LogP contribution is 2.23. The Kier molecular flexibility index (Phi) is 12.0. The van der Waals surface area contributed by atoms with Crippen LogP contribution >= 0.6 is 0 Å². The van der Waals surface area contributed by atoms with Crippen LogP contribution < -0.4 is 0 Å². The van der Waals surface area contributed by atoms with Crippen LogP contribution in [0.1, 0.15) is 91.7 Å². The van der Waals surface area contributed by atoms with Crippen LogP contribution in [0.2, 0.25) is 0 Å². The zero-order chi connectivity index (χ0) is 24.1. The average Bonchev–Trinajstić information content (AvgIpc) is 2.70. The Morgan fingerprint density at radius 1 is 0.906 bits per heavy atom. The van der Waals surface area contributed by atoms with Crippen LogP contribution in [0.4, 0.5) is 0 Å². The van der Waals surface area contributed by atoms with Crippen LogP contribution in [0, 0.1) is 11.3 Å². The van der Waals surface area contributed by atoms with E-state index in [1.54, 1.807) is 24.3 Å². The number of unbranched alkanes of at least 4 members (excludes halogenated alkanes) is 3. The second kappa shape index (κ2) is 13.9. The van der Waals surface area contributed by atoms with Gasteiger partial charge < -0.3 is 14.2 Å². The molecule has 0 aliphatic rings. The SMILES string of the molecule is CC(=O)O[C@H](C(=O)O[C@@H](CCCCCCOC(=O)C(C)(C)C)CC(C)C)c1ccccc1. The molecule has 0 aliphatic heterocycles. The molecule has 0 unspecified atom stereocenters. The van der Waals surface area contributed by atoms with Crippen molar-refractivity contribution >= 4 is 17.9 Å². The Morgan fingerprint density at radius 2 is 1.53 bits per heavy atom. The molecule has 0 N–H and O–H groups in total. The maximum Gasteiger partial charge on any atom is 0.352 e. The Bertz CT molecular complexity index is 705. The van der Waals surface area contributed by atoms with Gasteiger partial charge in [-0.25, -0.2) is 4.79 Å². The van der Waals surface area contributed by atoms with E-state index in [1.165, 1.54) is 6.92 Å². The fourth-order valence-corrected chi connectivity index (χ4v) is 3.23. The van der Waals surface area contributed by atoms with E-state index in [4.69, 9.17) is 14.2 Å². The molecule has 0 aliphatic carbocycles. The van der Waals surface area contributed by atoms with Crippen LogP contribution in [0.25, 0.3) is 0 Å². The minimum Gasteiger partial charge on any atom is -0.465 e. The Balaban J connectivity index is 2.52. The highest BCUT2D eigenvalue weighted by molar-refractivity contribution is 5.80. The van der Waals surface area contributed by atoms with E-state index in [0.717, 1.165) is 38.5 Å². The van der Waals surface area contributed by atoms with Crippen molar-refractivity contribution in [2.45, 2.75) is 92.3 Å². The Hall–Kier alpha value is -2.37. The van der Waals surface area contributed by atoms with E-state index in [1.807, 2.05) is 26.8 Å². The van der Waals surface area contributed by atoms with Crippen molar-refractivity contribution < 1.29 is 28.6 Å². The minimum absolute atomic E-state index is 0.179. The first kappa shape index (κ1) is 27.7. The van der Waals surface area contributed by atoms with Crippen molar-refractivity contribution in [3.63, 3.8) is 0 Å². The molecule has 6 heteroatoms. The van der Waals surface area contributed by atoms with Gasteiger partial charge in [0.2, 0.25) is 6.10 Å². The molecule has 1 aromatic carbocycles. The molecule has 0 saturated carbocycles. The number of benzene rings is 1. The topological polar surface area (TPSA) is 78.9 Å². The van der Waals surface area contributed by atoms with E-state index < -0.39 is 23.5 Å². The van der Waals surface area contributed by atoms with Crippen molar-refractivity contribution in [3.05, 3.63) is 35.9 Å². The monoisotopic (exact) mass is 448 g/mol. The fraction of sp³-hybridized carbons (Fsp3) is 0.654. The summed E-state index contributed by atoms with van der Waals surface area (Å²) in [6.45, 7) is 11.4. The zero-order valence-corrected chi connectivity index (χ0v) is 20.5. The third kappa shape index (κ3) is 11.3. The quantitative estimate of drug-likeness (QED) is 0.216. The number of hydrogen-bond acceptors (Lipinski definition) is 6. The van der Waals surface area contributed by atoms with Gasteiger partial charge in [-0.3, -0.25) is 9.59 Å². The highest BCUT2D eigenvalue weighted by Gasteiger charge is 2.28.